The lowest BCUT2D eigenvalue weighted by molar-refractivity contribution is -0.138. The SMILES string of the molecule is CCOC(=O)/C(C#N)=C\NNC(N)=O. The Bertz CT molecular complexity index is 292. The number of rotatable bonds is 4. The van der Waals surface area contributed by atoms with E-state index >= 15 is 0 Å². The van der Waals surface area contributed by atoms with Crippen molar-refractivity contribution in [1.29, 1.82) is 5.26 Å². The van der Waals surface area contributed by atoms with Gasteiger partial charge in [-0.25, -0.2) is 9.59 Å². The molecule has 0 saturated carbocycles. The van der Waals surface area contributed by atoms with Crippen LogP contribution < -0.4 is 16.6 Å². The second kappa shape index (κ2) is 6.30. The molecule has 0 unspecified atom stereocenters. The van der Waals surface area contributed by atoms with Crippen LogP contribution >= 0.6 is 0 Å². The maximum absolute atomic E-state index is 11.0. The molecule has 2 amide bonds. The fourth-order valence-corrected chi connectivity index (χ4v) is 0.525. The molecule has 0 rings (SSSR count). The molecule has 0 aliphatic carbocycles. The number of hydrogen-bond donors (Lipinski definition) is 3. The summed E-state index contributed by atoms with van der Waals surface area (Å²) in [5.74, 6) is -0.770. The molecule has 76 valence electrons. The summed E-state index contributed by atoms with van der Waals surface area (Å²) >= 11 is 0. The lowest BCUT2D eigenvalue weighted by atomic mass is 10.3. The zero-order chi connectivity index (χ0) is 11.0. The number of esters is 1. The minimum Gasteiger partial charge on any atom is -0.462 e. The summed E-state index contributed by atoms with van der Waals surface area (Å²) in [6, 6.07) is 0.761. The first-order valence-electron chi connectivity index (χ1n) is 3.70. The van der Waals surface area contributed by atoms with Crippen LogP contribution in [0.3, 0.4) is 0 Å². The second-order valence-electron chi connectivity index (χ2n) is 2.02. The topological polar surface area (TPSA) is 117 Å². The number of primary amides is 1. The van der Waals surface area contributed by atoms with Crippen LogP contribution in [0.1, 0.15) is 6.92 Å². The number of carbonyl (C=O) groups excluding carboxylic acids is 2. The van der Waals surface area contributed by atoms with E-state index in [4.69, 9.17) is 11.0 Å². The Balaban J connectivity index is 4.20. The number of nitriles is 1. The third-order valence-electron chi connectivity index (χ3n) is 1.03. The van der Waals surface area contributed by atoms with Crippen LogP contribution in [0.2, 0.25) is 0 Å². The van der Waals surface area contributed by atoms with E-state index in [1.165, 1.54) is 0 Å². The molecule has 7 heteroatoms. The predicted octanol–water partition coefficient (Wildman–Crippen LogP) is -0.870. The van der Waals surface area contributed by atoms with E-state index in [1.54, 1.807) is 13.0 Å². The number of ether oxygens (including phenoxy) is 1. The first-order chi connectivity index (χ1) is 6.61. The van der Waals surface area contributed by atoms with Crippen LogP contribution in [0, 0.1) is 11.3 Å². The molecule has 0 atom stereocenters. The van der Waals surface area contributed by atoms with E-state index in [2.05, 4.69) is 10.2 Å². The first-order valence-corrected chi connectivity index (χ1v) is 3.70. The van der Waals surface area contributed by atoms with Crippen molar-refractivity contribution in [2.45, 2.75) is 6.92 Å². The quantitative estimate of drug-likeness (QED) is 0.235. The Morgan fingerprint density at radius 3 is 2.71 bits per heavy atom. The van der Waals surface area contributed by atoms with Gasteiger partial charge in [-0.3, -0.25) is 5.43 Å². The average molecular weight is 198 g/mol. The number of nitrogens with zero attached hydrogens (tertiary/aromatic N) is 1. The van der Waals surface area contributed by atoms with Gasteiger partial charge >= 0.3 is 12.0 Å². The summed E-state index contributed by atoms with van der Waals surface area (Å²) in [4.78, 5) is 21.1. The molecule has 0 radical (unpaired) electrons. The molecule has 0 saturated heterocycles. The molecule has 7 nitrogen and oxygen atoms in total. The smallest absolute Gasteiger partial charge is 0.350 e. The molecule has 4 N–H and O–H groups in total. The van der Waals surface area contributed by atoms with Crippen molar-refractivity contribution in [1.82, 2.24) is 10.9 Å². The third-order valence-corrected chi connectivity index (χ3v) is 1.03. The van der Waals surface area contributed by atoms with Crippen molar-refractivity contribution < 1.29 is 14.3 Å². The molecule has 0 fully saturated rings. The Labute approximate surface area is 80.5 Å². The normalized spacial score (nSPS) is 9.86. The molecular formula is C7H10N4O3. The van der Waals surface area contributed by atoms with Gasteiger partial charge in [0.25, 0.3) is 0 Å². The van der Waals surface area contributed by atoms with Crippen molar-refractivity contribution in [3.05, 3.63) is 11.8 Å². The van der Waals surface area contributed by atoms with E-state index in [0.717, 1.165) is 6.20 Å². The Morgan fingerprint density at radius 1 is 1.64 bits per heavy atom. The first kappa shape index (κ1) is 11.8. The van der Waals surface area contributed by atoms with Crippen molar-refractivity contribution in [3.63, 3.8) is 0 Å². The lowest BCUT2D eigenvalue weighted by Crippen LogP contribution is -2.38. The van der Waals surface area contributed by atoms with E-state index in [-0.39, 0.29) is 12.2 Å². The highest BCUT2D eigenvalue weighted by atomic mass is 16.5. The number of nitrogens with one attached hydrogen (secondary N) is 2. The van der Waals surface area contributed by atoms with Gasteiger partial charge in [-0.2, -0.15) is 5.26 Å². The summed E-state index contributed by atoms with van der Waals surface area (Å²) in [5.41, 5.74) is 8.58. The van der Waals surface area contributed by atoms with Crippen LogP contribution in [-0.2, 0) is 9.53 Å². The van der Waals surface area contributed by atoms with Crippen LogP contribution in [-0.4, -0.2) is 18.6 Å². The van der Waals surface area contributed by atoms with Crippen LogP contribution in [0.25, 0.3) is 0 Å². The van der Waals surface area contributed by atoms with E-state index in [0.29, 0.717) is 0 Å². The zero-order valence-electron chi connectivity index (χ0n) is 7.53. The number of nitrogens with two attached hydrogens (primary N) is 1. The van der Waals surface area contributed by atoms with Gasteiger partial charge in [0.05, 0.1) is 6.61 Å². The van der Waals surface area contributed by atoms with E-state index < -0.39 is 12.0 Å². The van der Waals surface area contributed by atoms with Gasteiger partial charge in [-0.15, -0.1) is 0 Å². The van der Waals surface area contributed by atoms with Gasteiger partial charge in [-0.05, 0) is 6.92 Å². The standard InChI is InChI=1S/C7H10N4O3/c1-2-14-6(12)5(3-8)4-10-11-7(9)13/h4,10H,2H2,1H3,(H3,9,11,13)/b5-4-. The number of carbonyl (C=O) groups is 2. The zero-order valence-corrected chi connectivity index (χ0v) is 7.53. The summed E-state index contributed by atoms with van der Waals surface area (Å²) in [7, 11) is 0. The Morgan fingerprint density at radius 2 is 2.29 bits per heavy atom. The van der Waals surface area contributed by atoms with Crippen molar-refractivity contribution in [3.8, 4) is 6.07 Å². The van der Waals surface area contributed by atoms with Crippen LogP contribution in [0.15, 0.2) is 11.8 Å². The highest BCUT2D eigenvalue weighted by Gasteiger charge is 2.08. The molecule has 0 bridgehead atoms. The van der Waals surface area contributed by atoms with E-state index in [9.17, 15) is 9.59 Å². The Kier molecular flexibility index (Phi) is 5.30. The Hall–Kier alpha value is -2.23. The molecule has 0 aromatic heterocycles. The van der Waals surface area contributed by atoms with Gasteiger partial charge in [0.2, 0.25) is 0 Å². The fraction of sp³-hybridized carbons (Fsp3) is 0.286. The monoisotopic (exact) mass is 198 g/mol. The lowest BCUT2D eigenvalue weighted by Gasteiger charge is -2.01. The van der Waals surface area contributed by atoms with Gasteiger partial charge in [-0.1, -0.05) is 0 Å². The van der Waals surface area contributed by atoms with Crippen LogP contribution in [0.4, 0.5) is 4.79 Å². The number of urea groups is 1. The number of amides is 2. The van der Waals surface area contributed by atoms with Gasteiger partial charge < -0.3 is 15.9 Å². The van der Waals surface area contributed by atoms with Gasteiger partial charge in [0, 0.05) is 6.20 Å². The maximum Gasteiger partial charge on any atom is 0.350 e. The molecule has 0 aliphatic rings. The second-order valence-corrected chi connectivity index (χ2v) is 2.02. The predicted molar refractivity (Wildman–Crippen MR) is 46.2 cm³/mol. The van der Waals surface area contributed by atoms with Gasteiger partial charge in [0.15, 0.2) is 5.57 Å². The minimum atomic E-state index is -0.831. The maximum atomic E-state index is 11.0. The summed E-state index contributed by atoms with van der Waals surface area (Å²) in [6.07, 6.45) is 0.989. The molecule has 0 spiro atoms. The number of hydrogen-bond acceptors (Lipinski definition) is 5. The molecule has 14 heavy (non-hydrogen) atoms. The highest BCUT2D eigenvalue weighted by molar-refractivity contribution is 5.92. The molecule has 0 aromatic rings. The minimum absolute atomic E-state index is 0.168. The molecule has 0 aliphatic heterocycles. The third kappa shape index (κ3) is 4.61. The van der Waals surface area contributed by atoms with Crippen molar-refractivity contribution in [2.75, 3.05) is 6.61 Å². The fourth-order valence-electron chi connectivity index (χ4n) is 0.525. The molecule has 0 aromatic carbocycles. The highest BCUT2D eigenvalue weighted by Crippen LogP contribution is 1.93. The number of hydrazine groups is 1. The molecular weight excluding hydrogens is 188 g/mol. The average Bonchev–Trinajstić information content (AvgIpc) is 2.12. The van der Waals surface area contributed by atoms with Crippen molar-refractivity contribution >= 4 is 12.0 Å². The largest absolute Gasteiger partial charge is 0.462 e. The van der Waals surface area contributed by atoms with E-state index in [1.807, 2.05) is 5.43 Å². The van der Waals surface area contributed by atoms with Crippen molar-refractivity contribution in [2.24, 2.45) is 5.73 Å². The summed E-state index contributed by atoms with van der Waals surface area (Å²) < 4.78 is 4.54. The summed E-state index contributed by atoms with van der Waals surface area (Å²) in [5, 5.41) is 8.49. The van der Waals surface area contributed by atoms with Crippen LogP contribution in [0.5, 0.6) is 0 Å². The molecule has 0 heterocycles. The van der Waals surface area contributed by atoms with Gasteiger partial charge in [0.1, 0.15) is 6.07 Å². The summed E-state index contributed by atoms with van der Waals surface area (Å²) in [6.45, 7) is 1.78.